The van der Waals surface area contributed by atoms with Crippen LogP contribution in [0.15, 0.2) is 52.1 Å². The summed E-state index contributed by atoms with van der Waals surface area (Å²) in [6, 6.07) is 13.0. The molecule has 6 heteroatoms. The minimum atomic E-state index is -0.320. The van der Waals surface area contributed by atoms with Gasteiger partial charge in [0, 0.05) is 16.1 Å². The Morgan fingerprint density at radius 2 is 1.84 bits per heavy atom. The van der Waals surface area contributed by atoms with Crippen molar-refractivity contribution in [2.45, 2.75) is 31.2 Å². The highest BCUT2D eigenvalue weighted by atomic mass is 35.5. The Kier molecular flexibility index (Phi) is 5.25. The maximum atomic E-state index is 12.7. The smallest absolute Gasteiger partial charge is 0.277 e. The van der Waals surface area contributed by atoms with Crippen LogP contribution in [-0.2, 0) is 0 Å². The Hall–Kier alpha value is -2.11. The lowest BCUT2D eigenvalue weighted by molar-refractivity contribution is 0.0993. The number of thioether (sulfide) groups is 1. The molecule has 1 unspecified atom stereocenters. The van der Waals surface area contributed by atoms with Gasteiger partial charge in [-0.05, 0) is 56.7 Å². The molecule has 2 aromatic carbocycles. The molecule has 4 nitrogen and oxygen atoms in total. The molecule has 0 spiro atoms. The van der Waals surface area contributed by atoms with E-state index in [0.29, 0.717) is 16.1 Å². The summed E-state index contributed by atoms with van der Waals surface area (Å²) < 4.78 is 5.67. The Bertz CT molecular complexity index is 906. The zero-order valence-corrected chi connectivity index (χ0v) is 15.7. The average molecular weight is 373 g/mol. The minimum Gasteiger partial charge on any atom is -0.411 e. The molecule has 0 fully saturated rings. The molecule has 0 amide bonds. The van der Waals surface area contributed by atoms with Crippen molar-refractivity contribution >= 4 is 29.1 Å². The molecule has 0 bridgehead atoms. The number of benzene rings is 2. The Labute approximate surface area is 155 Å². The zero-order chi connectivity index (χ0) is 18.0. The number of hydrogen-bond acceptors (Lipinski definition) is 5. The highest BCUT2D eigenvalue weighted by Gasteiger charge is 2.21. The predicted octanol–water partition coefficient (Wildman–Crippen LogP) is 5.37. The summed E-state index contributed by atoms with van der Waals surface area (Å²) >= 11 is 7.15. The lowest BCUT2D eigenvalue weighted by atomic mass is 10.0. The van der Waals surface area contributed by atoms with Crippen molar-refractivity contribution < 1.29 is 9.21 Å². The number of carbonyl (C=O) groups is 1. The second-order valence-electron chi connectivity index (χ2n) is 5.82. The van der Waals surface area contributed by atoms with Gasteiger partial charge in [0.25, 0.3) is 5.22 Å². The van der Waals surface area contributed by atoms with Gasteiger partial charge in [0.1, 0.15) is 0 Å². The number of nitrogens with zero attached hydrogens (tertiary/aromatic N) is 2. The van der Waals surface area contributed by atoms with E-state index in [9.17, 15) is 4.79 Å². The standard InChI is InChI=1S/C19H17ClN2O2S/c1-11-4-5-12(2)16(10-11)17(23)13(3)25-19-22-21-18(24-19)14-6-8-15(20)9-7-14/h4-10,13H,1-3H3. The van der Waals surface area contributed by atoms with E-state index in [1.807, 2.05) is 51.1 Å². The highest BCUT2D eigenvalue weighted by Crippen LogP contribution is 2.29. The predicted molar refractivity (Wildman–Crippen MR) is 100 cm³/mol. The molecule has 3 aromatic rings. The fourth-order valence-corrected chi connectivity index (χ4v) is 3.27. The van der Waals surface area contributed by atoms with Crippen LogP contribution in [0.25, 0.3) is 11.5 Å². The van der Waals surface area contributed by atoms with E-state index >= 15 is 0 Å². The van der Waals surface area contributed by atoms with Crippen molar-refractivity contribution in [3.8, 4) is 11.5 Å². The van der Waals surface area contributed by atoms with Crippen LogP contribution in [0.2, 0.25) is 5.02 Å². The van der Waals surface area contributed by atoms with Gasteiger partial charge in [-0.3, -0.25) is 4.79 Å². The molecule has 128 valence electrons. The van der Waals surface area contributed by atoms with Crippen LogP contribution in [0.5, 0.6) is 0 Å². The van der Waals surface area contributed by atoms with Gasteiger partial charge in [-0.2, -0.15) is 0 Å². The van der Waals surface area contributed by atoms with Crippen LogP contribution in [-0.4, -0.2) is 21.2 Å². The van der Waals surface area contributed by atoms with Gasteiger partial charge in [-0.1, -0.05) is 41.1 Å². The summed E-state index contributed by atoms with van der Waals surface area (Å²) in [6.07, 6.45) is 0. The quantitative estimate of drug-likeness (QED) is 0.445. The van der Waals surface area contributed by atoms with Crippen molar-refractivity contribution in [2.75, 3.05) is 0 Å². The molecular formula is C19H17ClN2O2S. The van der Waals surface area contributed by atoms with E-state index in [4.69, 9.17) is 16.0 Å². The molecule has 1 aromatic heterocycles. The fraction of sp³-hybridized carbons (Fsp3) is 0.211. The van der Waals surface area contributed by atoms with Crippen LogP contribution in [0.3, 0.4) is 0 Å². The number of Topliss-reactive ketones (excluding diaryl/α,β-unsaturated/α-hetero) is 1. The van der Waals surface area contributed by atoms with E-state index < -0.39 is 0 Å². The maximum Gasteiger partial charge on any atom is 0.277 e. The summed E-state index contributed by atoms with van der Waals surface area (Å²) in [7, 11) is 0. The molecule has 0 radical (unpaired) electrons. The van der Waals surface area contributed by atoms with E-state index in [0.717, 1.165) is 22.3 Å². The van der Waals surface area contributed by atoms with Crippen molar-refractivity contribution in [3.05, 3.63) is 64.2 Å². The zero-order valence-electron chi connectivity index (χ0n) is 14.1. The number of carbonyl (C=O) groups excluding carboxylic acids is 1. The molecular weight excluding hydrogens is 356 g/mol. The topological polar surface area (TPSA) is 56.0 Å². The molecule has 0 aliphatic rings. The van der Waals surface area contributed by atoms with Crippen molar-refractivity contribution in [1.82, 2.24) is 10.2 Å². The number of hydrogen-bond donors (Lipinski definition) is 0. The molecule has 0 saturated heterocycles. The average Bonchev–Trinajstić information content (AvgIpc) is 3.05. The third-order valence-corrected chi connectivity index (χ3v) is 4.99. The van der Waals surface area contributed by atoms with Crippen molar-refractivity contribution in [3.63, 3.8) is 0 Å². The number of rotatable bonds is 5. The molecule has 25 heavy (non-hydrogen) atoms. The molecule has 1 atom stereocenters. The second-order valence-corrected chi connectivity index (χ2v) is 7.55. The van der Waals surface area contributed by atoms with E-state index in [-0.39, 0.29) is 11.0 Å². The summed E-state index contributed by atoms with van der Waals surface area (Å²) in [5, 5.41) is 8.77. The van der Waals surface area contributed by atoms with Gasteiger partial charge in [-0.25, -0.2) is 0 Å². The molecule has 3 rings (SSSR count). The maximum absolute atomic E-state index is 12.7. The van der Waals surface area contributed by atoms with Crippen LogP contribution >= 0.6 is 23.4 Å². The van der Waals surface area contributed by atoms with Gasteiger partial charge < -0.3 is 4.42 Å². The minimum absolute atomic E-state index is 0.0532. The number of halogens is 1. The largest absolute Gasteiger partial charge is 0.411 e. The van der Waals surface area contributed by atoms with Gasteiger partial charge in [0.15, 0.2) is 5.78 Å². The van der Waals surface area contributed by atoms with Gasteiger partial charge in [0.05, 0.1) is 5.25 Å². The third-order valence-electron chi connectivity index (χ3n) is 3.80. The lowest BCUT2D eigenvalue weighted by Gasteiger charge is -2.10. The summed E-state index contributed by atoms with van der Waals surface area (Å²) in [4.78, 5) is 12.7. The summed E-state index contributed by atoms with van der Waals surface area (Å²) in [5.74, 6) is 0.461. The molecule has 0 aliphatic heterocycles. The summed E-state index contributed by atoms with van der Waals surface area (Å²) in [6.45, 7) is 5.76. The monoisotopic (exact) mass is 372 g/mol. The fourth-order valence-electron chi connectivity index (χ4n) is 2.39. The van der Waals surface area contributed by atoms with E-state index in [1.165, 1.54) is 11.8 Å². The Morgan fingerprint density at radius 1 is 1.12 bits per heavy atom. The van der Waals surface area contributed by atoms with Crippen LogP contribution in [0, 0.1) is 13.8 Å². The van der Waals surface area contributed by atoms with E-state index in [1.54, 1.807) is 12.1 Å². The number of ketones is 1. The van der Waals surface area contributed by atoms with Crippen molar-refractivity contribution in [1.29, 1.82) is 0 Å². The first-order valence-corrected chi connectivity index (χ1v) is 9.07. The Balaban J connectivity index is 1.75. The number of aryl methyl sites for hydroxylation is 2. The van der Waals surface area contributed by atoms with Crippen molar-refractivity contribution in [2.24, 2.45) is 0 Å². The normalized spacial score (nSPS) is 12.2. The lowest BCUT2D eigenvalue weighted by Crippen LogP contribution is -2.15. The number of aromatic nitrogens is 2. The Morgan fingerprint density at radius 3 is 2.56 bits per heavy atom. The molecule has 0 saturated carbocycles. The first-order chi connectivity index (χ1) is 11.9. The van der Waals surface area contributed by atoms with Gasteiger partial charge >= 0.3 is 0 Å². The summed E-state index contributed by atoms with van der Waals surface area (Å²) in [5.41, 5.74) is 3.55. The first kappa shape index (κ1) is 17.7. The van der Waals surface area contributed by atoms with Crippen LogP contribution < -0.4 is 0 Å². The van der Waals surface area contributed by atoms with Crippen LogP contribution in [0.1, 0.15) is 28.4 Å². The van der Waals surface area contributed by atoms with E-state index in [2.05, 4.69) is 10.2 Å². The second kappa shape index (κ2) is 7.42. The first-order valence-electron chi connectivity index (χ1n) is 7.81. The SMILES string of the molecule is Cc1ccc(C)c(C(=O)C(C)Sc2nnc(-c3ccc(Cl)cc3)o2)c1. The van der Waals surface area contributed by atoms with Gasteiger partial charge in [0.2, 0.25) is 5.89 Å². The van der Waals surface area contributed by atoms with Gasteiger partial charge in [-0.15, -0.1) is 10.2 Å². The third kappa shape index (κ3) is 4.11. The van der Waals surface area contributed by atoms with Crippen LogP contribution in [0.4, 0.5) is 0 Å². The molecule has 0 aliphatic carbocycles. The highest BCUT2D eigenvalue weighted by molar-refractivity contribution is 8.00. The molecule has 0 N–H and O–H groups in total. The molecule has 1 heterocycles.